The first-order valence-electron chi connectivity index (χ1n) is 5.14. The highest BCUT2D eigenvalue weighted by Gasteiger charge is 2.21. The molecule has 2 atom stereocenters. The van der Waals surface area contributed by atoms with Crippen LogP contribution >= 0.6 is 0 Å². The zero-order chi connectivity index (χ0) is 8.81. The monoisotopic (exact) mass is 171 g/mol. The van der Waals surface area contributed by atoms with Gasteiger partial charge in [-0.3, -0.25) is 0 Å². The van der Waals surface area contributed by atoms with Gasteiger partial charge in [-0.1, -0.05) is 26.2 Å². The lowest BCUT2D eigenvalue weighted by Crippen LogP contribution is -2.39. The third-order valence-corrected chi connectivity index (χ3v) is 2.72. The smallest absolute Gasteiger partial charge is 0.0724 e. The molecule has 1 aliphatic carbocycles. The average Bonchev–Trinajstić information content (AvgIpc) is 2.30. The number of rotatable bonds is 3. The summed E-state index contributed by atoms with van der Waals surface area (Å²) < 4.78 is 5.47. The predicted octanol–water partition coefficient (Wildman–Crippen LogP) is 1.94. The number of hydrogen-bond donors (Lipinski definition) is 1. The molecular formula is C10H21NO. The number of hydrogen-bond acceptors (Lipinski definition) is 2. The maximum atomic E-state index is 5.47. The molecule has 2 nitrogen and oxygen atoms in total. The average molecular weight is 171 g/mol. The van der Waals surface area contributed by atoms with Gasteiger partial charge in [0.2, 0.25) is 0 Å². The van der Waals surface area contributed by atoms with Crippen molar-refractivity contribution in [3.05, 3.63) is 0 Å². The van der Waals surface area contributed by atoms with Gasteiger partial charge in [0.05, 0.1) is 6.10 Å². The lowest BCUT2D eigenvalue weighted by molar-refractivity contribution is 0.0638. The van der Waals surface area contributed by atoms with Crippen LogP contribution in [0.3, 0.4) is 0 Å². The van der Waals surface area contributed by atoms with Gasteiger partial charge in [0.15, 0.2) is 0 Å². The van der Waals surface area contributed by atoms with Crippen LogP contribution in [-0.4, -0.2) is 25.8 Å². The second-order valence-electron chi connectivity index (χ2n) is 3.58. The normalized spacial score (nSPS) is 31.5. The van der Waals surface area contributed by atoms with Crippen molar-refractivity contribution >= 4 is 0 Å². The van der Waals surface area contributed by atoms with Crippen LogP contribution in [0.4, 0.5) is 0 Å². The van der Waals surface area contributed by atoms with E-state index in [1.165, 1.54) is 32.1 Å². The highest BCUT2D eigenvalue weighted by atomic mass is 16.5. The Morgan fingerprint density at radius 1 is 1.25 bits per heavy atom. The molecule has 1 N–H and O–H groups in total. The molecule has 0 spiro atoms. The molecule has 0 radical (unpaired) electrons. The SMILES string of the molecule is CCN[C@@H]1CCCCC[C@H]1OC. The Morgan fingerprint density at radius 2 is 2.00 bits per heavy atom. The van der Waals surface area contributed by atoms with Gasteiger partial charge >= 0.3 is 0 Å². The van der Waals surface area contributed by atoms with E-state index in [0.29, 0.717) is 12.1 Å². The van der Waals surface area contributed by atoms with Crippen molar-refractivity contribution in [3.8, 4) is 0 Å². The van der Waals surface area contributed by atoms with Crippen LogP contribution in [0, 0.1) is 0 Å². The second kappa shape index (κ2) is 5.55. The zero-order valence-electron chi connectivity index (χ0n) is 8.31. The van der Waals surface area contributed by atoms with E-state index in [1.807, 2.05) is 7.11 Å². The Kier molecular flexibility index (Phi) is 4.62. The van der Waals surface area contributed by atoms with Gasteiger partial charge in [-0.05, 0) is 19.4 Å². The summed E-state index contributed by atoms with van der Waals surface area (Å²) >= 11 is 0. The fourth-order valence-corrected chi connectivity index (χ4v) is 2.05. The summed E-state index contributed by atoms with van der Waals surface area (Å²) in [4.78, 5) is 0. The van der Waals surface area contributed by atoms with E-state index in [4.69, 9.17) is 4.74 Å². The second-order valence-corrected chi connectivity index (χ2v) is 3.58. The molecule has 0 heterocycles. The highest BCUT2D eigenvalue weighted by molar-refractivity contribution is 4.79. The first kappa shape index (κ1) is 10.0. The summed E-state index contributed by atoms with van der Waals surface area (Å²) in [6, 6.07) is 0.600. The fourth-order valence-electron chi connectivity index (χ4n) is 2.05. The van der Waals surface area contributed by atoms with Crippen molar-refractivity contribution in [2.24, 2.45) is 0 Å². The Bertz CT molecular complexity index is 116. The maximum absolute atomic E-state index is 5.47. The quantitative estimate of drug-likeness (QED) is 0.655. The topological polar surface area (TPSA) is 21.3 Å². The number of nitrogens with one attached hydrogen (secondary N) is 1. The molecule has 72 valence electrons. The summed E-state index contributed by atoms with van der Waals surface area (Å²) in [5.74, 6) is 0. The van der Waals surface area contributed by atoms with Crippen molar-refractivity contribution in [2.45, 2.75) is 51.2 Å². The molecule has 0 aromatic carbocycles. The van der Waals surface area contributed by atoms with Gasteiger partial charge in [0, 0.05) is 13.2 Å². The van der Waals surface area contributed by atoms with E-state index < -0.39 is 0 Å². The Hall–Kier alpha value is -0.0800. The third kappa shape index (κ3) is 2.76. The molecule has 1 saturated carbocycles. The summed E-state index contributed by atoms with van der Waals surface area (Å²) in [5, 5.41) is 3.50. The van der Waals surface area contributed by atoms with Crippen molar-refractivity contribution < 1.29 is 4.74 Å². The number of methoxy groups -OCH3 is 1. The molecule has 1 rings (SSSR count). The van der Waals surface area contributed by atoms with Gasteiger partial charge in [-0.15, -0.1) is 0 Å². The van der Waals surface area contributed by atoms with E-state index in [2.05, 4.69) is 12.2 Å². The minimum absolute atomic E-state index is 0.451. The van der Waals surface area contributed by atoms with Crippen LogP contribution in [0.2, 0.25) is 0 Å². The first-order chi connectivity index (χ1) is 5.88. The van der Waals surface area contributed by atoms with Gasteiger partial charge in [-0.2, -0.15) is 0 Å². The molecule has 1 aliphatic rings. The largest absolute Gasteiger partial charge is 0.380 e. The van der Waals surface area contributed by atoms with Crippen LogP contribution in [0.5, 0.6) is 0 Å². The third-order valence-electron chi connectivity index (χ3n) is 2.72. The molecule has 0 bridgehead atoms. The van der Waals surface area contributed by atoms with Crippen molar-refractivity contribution in [1.82, 2.24) is 5.32 Å². The Morgan fingerprint density at radius 3 is 2.67 bits per heavy atom. The molecule has 0 aromatic rings. The fraction of sp³-hybridized carbons (Fsp3) is 1.00. The van der Waals surface area contributed by atoms with E-state index in [9.17, 15) is 0 Å². The number of likely N-dealkylation sites (N-methyl/N-ethyl adjacent to an activating group) is 1. The molecule has 1 fully saturated rings. The Labute approximate surface area is 75.7 Å². The van der Waals surface area contributed by atoms with Gasteiger partial charge in [0.1, 0.15) is 0 Å². The van der Waals surface area contributed by atoms with Crippen molar-refractivity contribution in [3.63, 3.8) is 0 Å². The molecular weight excluding hydrogens is 150 g/mol. The predicted molar refractivity (Wildman–Crippen MR) is 51.3 cm³/mol. The van der Waals surface area contributed by atoms with Crippen LogP contribution in [0.1, 0.15) is 39.0 Å². The Balaban J connectivity index is 2.39. The summed E-state index contributed by atoms with van der Waals surface area (Å²) in [6.45, 7) is 3.22. The zero-order valence-corrected chi connectivity index (χ0v) is 8.31. The lowest BCUT2D eigenvalue weighted by Gasteiger charge is -2.24. The minimum atomic E-state index is 0.451. The summed E-state index contributed by atoms with van der Waals surface area (Å²) in [7, 11) is 1.83. The van der Waals surface area contributed by atoms with Gasteiger partial charge in [-0.25, -0.2) is 0 Å². The minimum Gasteiger partial charge on any atom is -0.380 e. The van der Waals surface area contributed by atoms with E-state index in [-0.39, 0.29) is 0 Å². The summed E-state index contributed by atoms with van der Waals surface area (Å²) in [6.07, 6.45) is 7.03. The van der Waals surface area contributed by atoms with Crippen LogP contribution in [0.25, 0.3) is 0 Å². The molecule has 0 aliphatic heterocycles. The molecule has 0 amide bonds. The standard InChI is InChI=1S/C10H21NO/c1-3-11-9-7-5-4-6-8-10(9)12-2/h9-11H,3-8H2,1-2H3/t9-,10-/m1/s1. The molecule has 0 aromatic heterocycles. The lowest BCUT2D eigenvalue weighted by atomic mass is 10.1. The van der Waals surface area contributed by atoms with Gasteiger partial charge < -0.3 is 10.1 Å². The molecule has 0 saturated heterocycles. The molecule has 2 heteroatoms. The van der Waals surface area contributed by atoms with Gasteiger partial charge in [0.25, 0.3) is 0 Å². The molecule has 0 unspecified atom stereocenters. The van der Waals surface area contributed by atoms with Crippen LogP contribution < -0.4 is 5.32 Å². The van der Waals surface area contributed by atoms with Crippen LogP contribution in [0.15, 0.2) is 0 Å². The number of ether oxygens (including phenoxy) is 1. The van der Waals surface area contributed by atoms with Crippen molar-refractivity contribution in [1.29, 1.82) is 0 Å². The van der Waals surface area contributed by atoms with E-state index in [1.54, 1.807) is 0 Å². The summed E-state index contributed by atoms with van der Waals surface area (Å²) in [5.41, 5.74) is 0. The highest BCUT2D eigenvalue weighted by Crippen LogP contribution is 2.19. The van der Waals surface area contributed by atoms with E-state index in [0.717, 1.165) is 6.54 Å². The molecule has 12 heavy (non-hydrogen) atoms. The van der Waals surface area contributed by atoms with E-state index >= 15 is 0 Å². The maximum Gasteiger partial charge on any atom is 0.0724 e. The van der Waals surface area contributed by atoms with Crippen molar-refractivity contribution in [2.75, 3.05) is 13.7 Å². The van der Waals surface area contributed by atoms with Crippen LogP contribution in [-0.2, 0) is 4.74 Å². The first-order valence-corrected chi connectivity index (χ1v) is 5.14.